The first-order chi connectivity index (χ1) is 8.31. The smallest absolute Gasteiger partial charge is 0.344 e. The monoisotopic (exact) mass is 254 g/mol. The number of rotatable bonds is 4. The van der Waals surface area contributed by atoms with Crippen LogP contribution in [-0.2, 0) is 9.53 Å². The van der Waals surface area contributed by atoms with Gasteiger partial charge in [-0.05, 0) is 39.0 Å². The molecule has 0 unspecified atom stereocenters. The van der Waals surface area contributed by atoms with Gasteiger partial charge in [-0.1, -0.05) is 0 Å². The Balaban J connectivity index is 2.59. The largest absolute Gasteiger partial charge is 0.479 e. The quantitative estimate of drug-likeness (QED) is 0.611. The van der Waals surface area contributed by atoms with Gasteiger partial charge in [-0.25, -0.2) is 9.18 Å². The van der Waals surface area contributed by atoms with Crippen molar-refractivity contribution >= 4 is 12.3 Å². The Morgan fingerprint density at radius 3 is 2.56 bits per heavy atom. The van der Waals surface area contributed by atoms with E-state index in [-0.39, 0.29) is 17.9 Å². The predicted octanol–water partition coefficient (Wildman–Crippen LogP) is 2.36. The van der Waals surface area contributed by atoms with E-state index in [9.17, 15) is 14.0 Å². The molecule has 1 aromatic carbocycles. The Hall–Kier alpha value is -1.91. The molecule has 0 N–H and O–H groups in total. The molecular weight excluding hydrogens is 239 g/mol. The Morgan fingerprint density at radius 2 is 2.06 bits per heavy atom. The predicted molar refractivity (Wildman–Crippen MR) is 63.1 cm³/mol. The second kappa shape index (κ2) is 5.62. The van der Waals surface area contributed by atoms with E-state index in [1.807, 2.05) is 0 Å². The molecule has 0 aliphatic heterocycles. The zero-order valence-corrected chi connectivity index (χ0v) is 10.5. The number of aldehydes is 1. The standard InChI is InChI=1S/C13H15FO4/c1-13(2,3)18-12(16)8-17-11-5-4-9(7-15)6-10(11)14/h4-7H,8H2,1-3H3. The second-order valence-electron chi connectivity index (χ2n) is 4.68. The molecule has 1 aromatic rings. The molecule has 0 aliphatic carbocycles. The molecule has 4 nitrogen and oxygen atoms in total. The average molecular weight is 254 g/mol. The van der Waals surface area contributed by atoms with Gasteiger partial charge in [-0.15, -0.1) is 0 Å². The number of ether oxygens (including phenoxy) is 2. The Labute approximate surface area is 105 Å². The fourth-order valence-corrected chi connectivity index (χ4v) is 1.22. The maximum Gasteiger partial charge on any atom is 0.344 e. The van der Waals surface area contributed by atoms with E-state index in [1.165, 1.54) is 12.1 Å². The van der Waals surface area contributed by atoms with E-state index in [0.29, 0.717) is 6.29 Å². The minimum atomic E-state index is -0.692. The molecule has 0 heterocycles. The van der Waals surface area contributed by atoms with Crippen molar-refractivity contribution in [1.29, 1.82) is 0 Å². The lowest BCUT2D eigenvalue weighted by molar-refractivity contribution is -0.157. The van der Waals surface area contributed by atoms with Crippen LogP contribution in [0.25, 0.3) is 0 Å². The van der Waals surface area contributed by atoms with Gasteiger partial charge in [0.05, 0.1) is 0 Å². The molecule has 0 radical (unpaired) electrons. The van der Waals surface area contributed by atoms with Gasteiger partial charge in [0.1, 0.15) is 11.9 Å². The van der Waals surface area contributed by atoms with Gasteiger partial charge in [0.25, 0.3) is 0 Å². The molecule has 0 aliphatic rings. The molecule has 0 atom stereocenters. The molecule has 1 rings (SSSR count). The van der Waals surface area contributed by atoms with Crippen LogP contribution in [0, 0.1) is 5.82 Å². The zero-order valence-electron chi connectivity index (χ0n) is 10.5. The first-order valence-electron chi connectivity index (χ1n) is 5.41. The van der Waals surface area contributed by atoms with Gasteiger partial charge in [0.2, 0.25) is 0 Å². The van der Waals surface area contributed by atoms with Crippen LogP contribution in [0.4, 0.5) is 4.39 Å². The van der Waals surface area contributed by atoms with Crippen molar-refractivity contribution in [3.8, 4) is 5.75 Å². The lowest BCUT2D eigenvalue weighted by atomic mass is 10.2. The minimum absolute atomic E-state index is 0.0912. The third kappa shape index (κ3) is 4.53. The molecule has 0 saturated heterocycles. The number of esters is 1. The third-order valence-corrected chi connectivity index (χ3v) is 1.86. The number of carbonyl (C=O) groups is 2. The summed E-state index contributed by atoms with van der Waals surface area (Å²) in [6.45, 7) is 4.80. The molecule has 0 fully saturated rings. The van der Waals surface area contributed by atoms with Crippen LogP contribution in [0.2, 0.25) is 0 Å². The highest BCUT2D eigenvalue weighted by molar-refractivity contribution is 5.75. The third-order valence-electron chi connectivity index (χ3n) is 1.86. The topological polar surface area (TPSA) is 52.6 Å². The maximum absolute atomic E-state index is 13.4. The molecule has 0 aromatic heterocycles. The van der Waals surface area contributed by atoms with Crippen molar-refractivity contribution in [2.75, 3.05) is 6.61 Å². The van der Waals surface area contributed by atoms with Crippen molar-refractivity contribution in [1.82, 2.24) is 0 Å². The van der Waals surface area contributed by atoms with Gasteiger partial charge in [0.15, 0.2) is 18.2 Å². The van der Waals surface area contributed by atoms with Gasteiger partial charge >= 0.3 is 5.97 Å². The summed E-state index contributed by atoms with van der Waals surface area (Å²) < 4.78 is 23.4. The number of hydrogen-bond acceptors (Lipinski definition) is 4. The molecule has 0 saturated carbocycles. The summed E-state index contributed by atoms with van der Waals surface area (Å²) in [4.78, 5) is 21.8. The Kier molecular flexibility index (Phi) is 4.42. The molecule has 0 amide bonds. The van der Waals surface area contributed by atoms with Crippen molar-refractivity contribution < 1.29 is 23.5 Å². The SMILES string of the molecule is CC(C)(C)OC(=O)COc1ccc(C=O)cc1F. The summed E-state index contributed by atoms with van der Waals surface area (Å²) in [6.07, 6.45) is 0.528. The van der Waals surface area contributed by atoms with Crippen LogP contribution in [0.3, 0.4) is 0 Å². The number of halogens is 1. The first kappa shape index (κ1) is 14.2. The van der Waals surface area contributed by atoms with Crippen molar-refractivity contribution in [3.05, 3.63) is 29.6 Å². The second-order valence-corrected chi connectivity index (χ2v) is 4.68. The number of hydrogen-bond donors (Lipinski definition) is 0. The zero-order chi connectivity index (χ0) is 13.8. The highest BCUT2D eigenvalue weighted by atomic mass is 19.1. The highest BCUT2D eigenvalue weighted by Crippen LogP contribution is 2.18. The summed E-state index contributed by atoms with van der Waals surface area (Å²) in [5.74, 6) is -1.36. The van der Waals surface area contributed by atoms with Gasteiger partial charge in [-0.3, -0.25) is 4.79 Å². The van der Waals surface area contributed by atoms with Crippen LogP contribution < -0.4 is 4.74 Å². The summed E-state index contributed by atoms with van der Waals surface area (Å²) in [7, 11) is 0. The Morgan fingerprint density at radius 1 is 1.39 bits per heavy atom. The average Bonchev–Trinajstić information content (AvgIpc) is 2.25. The van der Waals surface area contributed by atoms with Gasteiger partial charge < -0.3 is 9.47 Å². The lowest BCUT2D eigenvalue weighted by Crippen LogP contribution is -2.27. The summed E-state index contributed by atoms with van der Waals surface area (Å²) >= 11 is 0. The fourth-order valence-electron chi connectivity index (χ4n) is 1.22. The summed E-state index contributed by atoms with van der Waals surface area (Å²) in [5, 5.41) is 0. The van der Waals surface area contributed by atoms with Gasteiger partial charge in [0, 0.05) is 5.56 Å². The van der Waals surface area contributed by atoms with Crippen LogP contribution >= 0.6 is 0 Å². The van der Waals surface area contributed by atoms with Crippen LogP contribution in [0.5, 0.6) is 5.75 Å². The fraction of sp³-hybridized carbons (Fsp3) is 0.385. The van der Waals surface area contributed by atoms with Crippen molar-refractivity contribution in [2.24, 2.45) is 0 Å². The van der Waals surface area contributed by atoms with Crippen LogP contribution in [-0.4, -0.2) is 24.5 Å². The van der Waals surface area contributed by atoms with E-state index < -0.39 is 17.4 Å². The van der Waals surface area contributed by atoms with E-state index in [0.717, 1.165) is 6.07 Å². The van der Waals surface area contributed by atoms with Crippen LogP contribution in [0.15, 0.2) is 18.2 Å². The molecule has 5 heteroatoms. The summed E-state index contributed by atoms with van der Waals surface area (Å²) in [6, 6.07) is 3.74. The normalized spacial score (nSPS) is 10.9. The first-order valence-corrected chi connectivity index (χ1v) is 5.41. The molecular formula is C13H15FO4. The summed E-state index contributed by atoms with van der Waals surface area (Å²) in [5.41, 5.74) is -0.405. The van der Waals surface area contributed by atoms with E-state index in [2.05, 4.69) is 0 Å². The maximum atomic E-state index is 13.4. The molecule has 18 heavy (non-hydrogen) atoms. The molecule has 98 valence electrons. The van der Waals surface area contributed by atoms with Crippen LogP contribution in [0.1, 0.15) is 31.1 Å². The van der Waals surface area contributed by atoms with E-state index in [4.69, 9.17) is 9.47 Å². The Bertz CT molecular complexity index is 449. The molecule has 0 bridgehead atoms. The van der Waals surface area contributed by atoms with E-state index in [1.54, 1.807) is 20.8 Å². The van der Waals surface area contributed by atoms with Crippen molar-refractivity contribution in [2.45, 2.75) is 26.4 Å². The highest BCUT2D eigenvalue weighted by Gasteiger charge is 2.17. The van der Waals surface area contributed by atoms with Crippen molar-refractivity contribution in [3.63, 3.8) is 0 Å². The van der Waals surface area contributed by atoms with E-state index >= 15 is 0 Å². The number of benzene rings is 1. The molecule has 0 spiro atoms. The minimum Gasteiger partial charge on any atom is -0.479 e. The van der Waals surface area contributed by atoms with Gasteiger partial charge in [-0.2, -0.15) is 0 Å². The lowest BCUT2D eigenvalue weighted by Gasteiger charge is -2.19. The number of carbonyl (C=O) groups excluding carboxylic acids is 2.